The van der Waals surface area contributed by atoms with Crippen molar-refractivity contribution < 1.29 is 29.0 Å². The van der Waals surface area contributed by atoms with Crippen LogP contribution in [0.1, 0.15) is 42.7 Å². The molecule has 0 aromatic heterocycles. The summed E-state index contributed by atoms with van der Waals surface area (Å²) < 4.78 is 11.3. The number of hydrogen-bond donors (Lipinski definition) is 2. The number of hydrogen-bond acceptors (Lipinski definition) is 5. The molecule has 2 aromatic rings. The number of carbonyl (C=O) groups is 3. The Bertz CT molecular complexity index is 1060. The Morgan fingerprint density at radius 1 is 1.03 bits per heavy atom. The normalized spacial score (nSPS) is 23.4. The average molecular weight is 465 g/mol. The van der Waals surface area contributed by atoms with Crippen LogP contribution in [0.5, 0.6) is 0 Å². The van der Waals surface area contributed by atoms with Crippen molar-refractivity contribution in [3.05, 3.63) is 59.7 Å². The predicted octanol–water partition coefficient (Wildman–Crippen LogP) is 3.15. The number of alkyl carbamates (subject to hydrolysis) is 1. The minimum absolute atomic E-state index is 0.0446. The second-order valence-electron chi connectivity index (χ2n) is 9.08. The van der Waals surface area contributed by atoms with Crippen molar-refractivity contribution in [2.45, 2.75) is 49.8 Å². The molecule has 2 aliphatic heterocycles. The summed E-state index contributed by atoms with van der Waals surface area (Å²) in [7, 11) is 0. The summed E-state index contributed by atoms with van der Waals surface area (Å²) in [5.41, 5.74) is 4.58. The SMILES string of the molecule is O=C(O)C[C@H]1CCCN1C(=O)[C@@H]1OCC[C@@H]1NC(=O)OCC1c2ccccc2-c2ccccc21. The second-order valence-corrected chi connectivity index (χ2v) is 9.08. The summed E-state index contributed by atoms with van der Waals surface area (Å²) in [5, 5.41) is 11.9. The van der Waals surface area contributed by atoms with E-state index in [0.717, 1.165) is 28.7 Å². The van der Waals surface area contributed by atoms with Gasteiger partial charge in [-0.2, -0.15) is 0 Å². The minimum Gasteiger partial charge on any atom is -0.481 e. The van der Waals surface area contributed by atoms with Gasteiger partial charge in [0.15, 0.2) is 6.10 Å². The van der Waals surface area contributed by atoms with Gasteiger partial charge in [-0.3, -0.25) is 9.59 Å². The Labute approximate surface area is 197 Å². The van der Waals surface area contributed by atoms with Gasteiger partial charge < -0.3 is 24.8 Å². The molecule has 2 N–H and O–H groups in total. The van der Waals surface area contributed by atoms with E-state index in [2.05, 4.69) is 29.6 Å². The number of benzene rings is 2. The molecule has 8 nitrogen and oxygen atoms in total. The standard InChI is InChI=1S/C26H28N2O6/c29-23(30)14-16-6-5-12-28(16)25(31)24-22(11-13-33-24)27-26(32)34-15-21-19-9-3-1-7-17(19)18-8-2-4-10-20(18)21/h1-4,7-10,16,21-22,24H,5-6,11-15H2,(H,27,32)(H,29,30)/t16-,22+,24-/m1/s1. The topological polar surface area (TPSA) is 105 Å². The van der Waals surface area contributed by atoms with Gasteiger partial charge in [-0.15, -0.1) is 0 Å². The summed E-state index contributed by atoms with van der Waals surface area (Å²) in [5.74, 6) is -1.23. The fourth-order valence-corrected chi connectivity index (χ4v) is 5.48. The Kier molecular flexibility index (Phi) is 6.24. The molecule has 2 amide bonds. The fourth-order valence-electron chi connectivity index (χ4n) is 5.48. The van der Waals surface area contributed by atoms with Crippen LogP contribution in [-0.4, -0.2) is 65.9 Å². The van der Waals surface area contributed by atoms with Crippen LogP contribution in [0.25, 0.3) is 11.1 Å². The first-order chi connectivity index (χ1) is 16.5. The van der Waals surface area contributed by atoms with E-state index in [1.807, 2.05) is 24.3 Å². The summed E-state index contributed by atoms with van der Waals surface area (Å²) in [6, 6.07) is 15.4. The zero-order valence-corrected chi connectivity index (χ0v) is 18.8. The first kappa shape index (κ1) is 22.4. The van der Waals surface area contributed by atoms with Crippen LogP contribution in [0.2, 0.25) is 0 Å². The van der Waals surface area contributed by atoms with Crippen molar-refractivity contribution in [3.8, 4) is 11.1 Å². The fraction of sp³-hybridized carbons (Fsp3) is 0.423. The molecular formula is C26H28N2O6. The zero-order chi connectivity index (χ0) is 23.7. The van der Waals surface area contributed by atoms with Crippen LogP contribution in [-0.2, 0) is 19.1 Å². The van der Waals surface area contributed by atoms with Gasteiger partial charge in [0.1, 0.15) is 6.61 Å². The van der Waals surface area contributed by atoms with E-state index in [0.29, 0.717) is 26.0 Å². The van der Waals surface area contributed by atoms with E-state index in [-0.39, 0.29) is 30.9 Å². The van der Waals surface area contributed by atoms with Crippen LogP contribution in [0.15, 0.2) is 48.5 Å². The Morgan fingerprint density at radius 2 is 1.71 bits per heavy atom. The summed E-state index contributed by atoms with van der Waals surface area (Å²) in [4.78, 5) is 38.5. The maximum atomic E-state index is 13.1. The Morgan fingerprint density at radius 3 is 2.38 bits per heavy atom. The molecule has 3 atom stereocenters. The van der Waals surface area contributed by atoms with Gasteiger partial charge in [-0.25, -0.2) is 4.79 Å². The van der Waals surface area contributed by atoms with E-state index in [9.17, 15) is 14.4 Å². The highest BCUT2D eigenvalue weighted by atomic mass is 16.6. The molecule has 0 unspecified atom stereocenters. The lowest BCUT2D eigenvalue weighted by atomic mass is 9.98. The van der Waals surface area contributed by atoms with Gasteiger partial charge in [0.25, 0.3) is 5.91 Å². The molecule has 2 saturated heterocycles. The van der Waals surface area contributed by atoms with Crippen molar-refractivity contribution >= 4 is 18.0 Å². The zero-order valence-electron chi connectivity index (χ0n) is 18.8. The van der Waals surface area contributed by atoms with Crippen LogP contribution in [0, 0.1) is 0 Å². The number of aliphatic carboxylic acids is 1. The number of likely N-dealkylation sites (tertiary alicyclic amines) is 1. The van der Waals surface area contributed by atoms with Crippen molar-refractivity contribution in [1.82, 2.24) is 10.2 Å². The lowest BCUT2D eigenvalue weighted by molar-refractivity contribution is -0.145. The molecule has 8 heteroatoms. The molecule has 178 valence electrons. The molecule has 2 aromatic carbocycles. The van der Waals surface area contributed by atoms with Crippen LogP contribution in [0.4, 0.5) is 4.79 Å². The van der Waals surface area contributed by atoms with Crippen molar-refractivity contribution in [3.63, 3.8) is 0 Å². The first-order valence-corrected chi connectivity index (χ1v) is 11.8. The van der Waals surface area contributed by atoms with E-state index in [4.69, 9.17) is 14.6 Å². The number of nitrogens with one attached hydrogen (secondary N) is 1. The van der Waals surface area contributed by atoms with Crippen LogP contribution >= 0.6 is 0 Å². The molecule has 0 bridgehead atoms. The molecule has 34 heavy (non-hydrogen) atoms. The number of carbonyl (C=O) groups excluding carboxylic acids is 2. The quantitative estimate of drug-likeness (QED) is 0.681. The number of amides is 2. The van der Waals surface area contributed by atoms with Crippen LogP contribution < -0.4 is 5.32 Å². The highest BCUT2D eigenvalue weighted by molar-refractivity contribution is 5.84. The van der Waals surface area contributed by atoms with Gasteiger partial charge in [-0.05, 0) is 41.5 Å². The molecular weight excluding hydrogens is 436 g/mol. The van der Waals surface area contributed by atoms with Crippen LogP contribution in [0.3, 0.4) is 0 Å². The van der Waals surface area contributed by atoms with Gasteiger partial charge in [0.05, 0.1) is 12.5 Å². The number of nitrogens with zero attached hydrogens (tertiary/aromatic N) is 1. The third kappa shape index (κ3) is 4.25. The van der Waals surface area contributed by atoms with E-state index in [1.165, 1.54) is 0 Å². The average Bonchev–Trinajstić information content (AvgIpc) is 3.55. The molecule has 0 radical (unpaired) electrons. The molecule has 2 heterocycles. The number of carboxylic acids is 1. The smallest absolute Gasteiger partial charge is 0.407 e. The minimum atomic E-state index is -0.926. The molecule has 5 rings (SSSR count). The van der Waals surface area contributed by atoms with Gasteiger partial charge >= 0.3 is 12.1 Å². The number of fused-ring (bicyclic) bond motifs is 3. The van der Waals surface area contributed by atoms with Crippen molar-refractivity contribution in [1.29, 1.82) is 0 Å². The number of carboxylic acid groups (broad SMARTS) is 1. The third-order valence-electron chi connectivity index (χ3n) is 7.05. The Hall–Kier alpha value is -3.39. The number of rotatable bonds is 6. The molecule has 3 aliphatic rings. The molecule has 0 spiro atoms. The summed E-state index contributed by atoms with van der Waals surface area (Å²) in [6.07, 6.45) is 0.436. The molecule has 1 aliphatic carbocycles. The summed E-state index contributed by atoms with van der Waals surface area (Å²) in [6.45, 7) is 1.05. The molecule has 2 fully saturated rings. The maximum Gasteiger partial charge on any atom is 0.407 e. The monoisotopic (exact) mass is 464 g/mol. The van der Waals surface area contributed by atoms with Gasteiger partial charge in [-0.1, -0.05) is 48.5 Å². The first-order valence-electron chi connectivity index (χ1n) is 11.8. The third-order valence-corrected chi connectivity index (χ3v) is 7.05. The molecule has 0 saturated carbocycles. The van der Waals surface area contributed by atoms with Gasteiger partial charge in [0, 0.05) is 25.1 Å². The van der Waals surface area contributed by atoms with E-state index < -0.39 is 24.2 Å². The Balaban J connectivity index is 1.21. The maximum absolute atomic E-state index is 13.1. The highest BCUT2D eigenvalue weighted by Crippen LogP contribution is 2.44. The highest BCUT2D eigenvalue weighted by Gasteiger charge is 2.42. The van der Waals surface area contributed by atoms with Gasteiger partial charge in [0.2, 0.25) is 0 Å². The lowest BCUT2D eigenvalue weighted by Crippen LogP contribution is -2.51. The second kappa shape index (κ2) is 9.46. The summed E-state index contributed by atoms with van der Waals surface area (Å²) >= 11 is 0. The number of ether oxygens (including phenoxy) is 2. The predicted molar refractivity (Wildman–Crippen MR) is 123 cm³/mol. The van der Waals surface area contributed by atoms with E-state index in [1.54, 1.807) is 4.90 Å². The van der Waals surface area contributed by atoms with E-state index >= 15 is 0 Å². The lowest BCUT2D eigenvalue weighted by Gasteiger charge is -2.28. The van der Waals surface area contributed by atoms with Crippen molar-refractivity contribution in [2.24, 2.45) is 0 Å². The largest absolute Gasteiger partial charge is 0.481 e. The van der Waals surface area contributed by atoms with Crippen molar-refractivity contribution in [2.75, 3.05) is 19.8 Å².